The van der Waals surface area contributed by atoms with Crippen molar-refractivity contribution in [3.05, 3.63) is 69.0 Å². The molecule has 0 atom stereocenters. The van der Waals surface area contributed by atoms with Crippen molar-refractivity contribution in [2.24, 2.45) is 0 Å². The molecule has 7 heteroatoms. The molecule has 2 aromatic carbocycles. The third kappa shape index (κ3) is 5.55. The van der Waals surface area contributed by atoms with Crippen LogP contribution in [0.1, 0.15) is 17.5 Å². The number of rotatable bonds is 8. The molecule has 0 aliphatic heterocycles. The van der Waals surface area contributed by atoms with E-state index in [9.17, 15) is 9.59 Å². The second-order valence-corrected chi connectivity index (χ2v) is 8.11. The monoisotopic (exact) mass is 431 g/mol. The van der Waals surface area contributed by atoms with Crippen molar-refractivity contribution >= 4 is 40.2 Å². The van der Waals surface area contributed by atoms with E-state index >= 15 is 0 Å². The highest BCUT2D eigenvalue weighted by atomic mass is 35.5. The van der Waals surface area contributed by atoms with E-state index in [1.807, 2.05) is 43.3 Å². The van der Waals surface area contributed by atoms with Crippen molar-refractivity contribution < 1.29 is 13.9 Å². The Morgan fingerprint density at radius 2 is 1.97 bits per heavy atom. The Hall–Kier alpha value is -2.44. The summed E-state index contributed by atoms with van der Waals surface area (Å²) >= 11 is 7.51. The number of hydrogen-bond acceptors (Lipinski definition) is 5. The maximum atomic E-state index is 12.4. The van der Waals surface area contributed by atoms with Crippen molar-refractivity contribution in [1.82, 2.24) is 5.32 Å². The quantitative estimate of drug-likeness (QED) is 0.320. The minimum atomic E-state index is -0.408. The lowest BCUT2D eigenvalue weighted by Crippen LogP contribution is -2.26. The van der Waals surface area contributed by atoms with Gasteiger partial charge in [0.15, 0.2) is 0 Å². The number of amides is 1. The van der Waals surface area contributed by atoms with Gasteiger partial charge in [0.25, 0.3) is 0 Å². The zero-order valence-electron chi connectivity index (χ0n) is 16.3. The fourth-order valence-corrected chi connectivity index (χ4v) is 3.90. The molecule has 3 rings (SSSR count). The standard InChI is InChI=1S/C22H22ClNO4S/c1-14-18-8-5-16(27-2)13-20(18)28-22(26)19(14)9-10-21(25)24-11-12-29-17-6-3-15(23)4-7-17/h3-8,13H,9-12H2,1-2H3,(H,24,25). The molecule has 3 aromatic rings. The minimum absolute atomic E-state index is 0.0877. The Bertz CT molecular complexity index is 1060. The first-order valence-corrected chi connectivity index (χ1v) is 10.6. The maximum absolute atomic E-state index is 12.4. The van der Waals surface area contributed by atoms with Crippen molar-refractivity contribution in [2.45, 2.75) is 24.7 Å². The van der Waals surface area contributed by atoms with Crippen molar-refractivity contribution in [3.63, 3.8) is 0 Å². The molecule has 0 fully saturated rings. The third-order valence-electron chi connectivity index (χ3n) is 4.60. The van der Waals surface area contributed by atoms with Crippen LogP contribution in [0.5, 0.6) is 5.75 Å². The molecule has 1 heterocycles. The average molecular weight is 432 g/mol. The molecule has 1 N–H and O–H groups in total. The largest absolute Gasteiger partial charge is 0.497 e. The van der Waals surface area contributed by atoms with Gasteiger partial charge >= 0.3 is 5.63 Å². The SMILES string of the molecule is COc1ccc2c(C)c(CCC(=O)NCCSc3ccc(Cl)cc3)c(=O)oc2c1. The van der Waals surface area contributed by atoms with Crippen LogP contribution in [0.4, 0.5) is 0 Å². The highest BCUT2D eigenvalue weighted by Crippen LogP contribution is 2.24. The predicted molar refractivity (Wildman–Crippen MR) is 117 cm³/mol. The molecule has 5 nitrogen and oxygen atoms in total. The van der Waals surface area contributed by atoms with E-state index in [0.29, 0.717) is 34.9 Å². The zero-order chi connectivity index (χ0) is 20.8. The van der Waals surface area contributed by atoms with Crippen LogP contribution >= 0.6 is 23.4 Å². The number of carbonyl (C=O) groups is 1. The molecule has 0 spiro atoms. The van der Waals surface area contributed by atoms with Crippen LogP contribution in [0.15, 0.2) is 56.6 Å². The van der Waals surface area contributed by atoms with Crippen LogP contribution in [-0.4, -0.2) is 25.3 Å². The van der Waals surface area contributed by atoms with Crippen molar-refractivity contribution in [2.75, 3.05) is 19.4 Å². The molecule has 0 aliphatic carbocycles. The average Bonchev–Trinajstić information content (AvgIpc) is 2.71. The number of nitrogens with one attached hydrogen (secondary N) is 1. The normalized spacial score (nSPS) is 10.9. The van der Waals surface area contributed by atoms with Crippen LogP contribution < -0.4 is 15.7 Å². The van der Waals surface area contributed by atoms with Gasteiger partial charge in [-0.3, -0.25) is 4.79 Å². The van der Waals surface area contributed by atoms with Crippen molar-refractivity contribution in [1.29, 1.82) is 0 Å². The second-order valence-electron chi connectivity index (χ2n) is 6.51. The van der Waals surface area contributed by atoms with E-state index in [1.54, 1.807) is 24.9 Å². The number of ether oxygens (including phenoxy) is 1. The molecule has 152 valence electrons. The number of thioether (sulfide) groups is 1. The van der Waals surface area contributed by atoms with Gasteiger partial charge in [-0.05, 0) is 55.3 Å². The topological polar surface area (TPSA) is 68.5 Å². The summed E-state index contributed by atoms with van der Waals surface area (Å²) in [6.07, 6.45) is 0.575. The van der Waals surface area contributed by atoms with Crippen LogP contribution in [0, 0.1) is 6.92 Å². The first-order valence-electron chi connectivity index (χ1n) is 9.23. The summed E-state index contributed by atoms with van der Waals surface area (Å²) in [6.45, 7) is 2.43. The van der Waals surface area contributed by atoms with Crippen LogP contribution in [0.2, 0.25) is 5.02 Å². The van der Waals surface area contributed by atoms with Gasteiger partial charge in [0.1, 0.15) is 11.3 Å². The smallest absolute Gasteiger partial charge is 0.339 e. The molecule has 0 saturated heterocycles. The molecule has 0 aliphatic rings. The second kappa shape index (κ2) is 9.85. The Kier molecular flexibility index (Phi) is 7.23. The summed E-state index contributed by atoms with van der Waals surface area (Å²) in [5.74, 6) is 1.30. The molecule has 1 amide bonds. The number of methoxy groups -OCH3 is 1. The Morgan fingerprint density at radius 1 is 1.21 bits per heavy atom. The molecule has 29 heavy (non-hydrogen) atoms. The Morgan fingerprint density at radius 3 is 2.69 bits per heavy atom. The van der Waals surface area contributed by atoms with E-state index in [2.05, 4.69) is 5.32 Å². The molecular weight excluding hydrogens is 410 g/mol. The summed E-state index contributed by atoms with van der Waals surface area (Å²) in [5.41, 5.74) is 1.45. The Balaban J connectivity index is 1.53. The van der Waals surface area contributed by atoms with E-state index in [4.69, 9.17) is 20.8 Å². The predicted octanol–water partition coefficient (Wildman–Crippen LogP) is 4.60. The van der Waals surface area contributed by atoms with Gasteiger partial charge in [-0.15, -0.1) is 11.8 Å². The number of carbonyl (C=O) groups excluding carboxylic acids is 1. The lowest BCUT2D eigenvalue weighted by atomic mass is 10.0. The van der Waals surface area contributed by atoms with E-state index in [0.717, 1.165) is 21.6 Å². The Labute approximate surface area is 178 Å². The van der Waals surface area contributed by atoms with Gasteiger partial charge in [0.05, 0.1) is 7.11 Å². The van der Waals surface area contributed by atoms with Gasteiger partial charge in [0, 0.05) is 45.7 Å². The summed E-state index contributed by atoms with van der Waals surface area (Å²) in [7, 11) is 1.56. The number of aryl methyl sites for hydroxylation is 1. The maximum Gasteiger partial charge on any atom is 0.339 e. The molecule has 0 radical (unpaired) electrons. The third-order valence-corrected chi connectivity index (χ3v) is 5.87. The number of hydrogen-bond donors (Lipinski definition) is 1. The molecule has 0 saturated carbocycles. The number of fused-ring (bicyclic) bond motifs is 1. The van der Waals surface area contributed by atoms with Gasteiger partial charge in [-0.2, -0.15) is 0 Å². The summed E-state index contributed by atoms with van der Waals surface area (Å²) in [5, 5.41) is 4.44. The zero-order valence-corrected chi connectivity index (χ0v) is 17.9. The summed E-state index contributed by atoms with van der Waals surface area (Å²) < 4.78 is 10.6. The highest BCUT2D eigenvalue weighted by molar-refractivity contribution is 7.99. The number of benzene rings is 2. The van der Waals surface area contributed by atoms with Gasteiger partial charge in [0.2, 0.25) is 5.91 Å². The summed E-state index contributed by atoms with van der Waals surface area (Å²) in [4.78, 5) is 25.6. The first-order chi connectivity index (χ1) is 14.0. The summed E-state index contributed by atoms with van der Waals surface area (Å²) in [6, 6.07) is 13.0. The fraction of sp³-hybridized carbons (Fsp3) is 0.273. The molecule has 1 aromatic heterocycles. The van der Waals surface area contributed by atoms with Crippen LogP contribution in [-0.2, 0) is 11.2 Å². The molecule has 0 bridgehead atoms. The highest BCUT2D eigenvalue weighted by Gasteiger charge is 2.13. The fourth-order valence-electron chi connectivity index (χ4n) is 3.01. The van der Waals surface area contributed by atoms with Gasteiger partial charge < -0.3 is 14.5 Å². The van der Waals surface area contributed by atoms with Crippen molar-refractivity contribution in [3.8, 4) is 5.75 Å². The van der Waals surface area contributed by atoms with E-state index < -0.39 is 5.63 Å². The lowest BCUT2D eigenvalue weighted by molar-refractivity contribution is -0.120. The molecular formula is C22H22ClNO4S. The first kappa shape index (κ1) is 21.3. The minimum Gasteiger partial charge on any atom is -0.497 e. The lowest BCUT2D eigenvalue weighted by Gasteiger charge is -2.09. The number of halogens is 1. The van der Waals surface area contributed by atoms with Gasteiger partial charge in [-0.25, -0.2) is 4.79 Å². The van der Waals surface area contributed by atoms with Crippen LogP contribution in [0.3, 0.4) is 0 Å². The van der Waals surface area contributed by atoms with Crippen LogP contribution in [0.25, 0.3) is 11.0 Å². The van der Waals surface area contributed by atoms with E-state index in [1.165, 1.54) is 0 Å². The molecule has 0 unspecified atom stereocenters. The van der Waals surface area contributed by atoms with Gasteiger partial charge in [-0.1, -0.05) is 11.6 Å². The van der Waals surface area contributed by atoms with E-state index in [-0.39, 0.29) is 12.3 Å².